The number of carbonyl (C=O) groups is 1. The summed E-state index contributed by atoms with van der Waals surface area (Å²) in [6.45, 7) is 0.205. The van der Waals surface area contributed by atoms with Crippen LogP contribution in [0.2, 0.25) is 0 Å². The van der Waals surface area contributed by atoms with Crippen LogP contribution < -0.4 is 4.74 Å². The summed E-state index contributed by atoms with van der Waals surface area (Å²) >= 11 is 0. The minimum Gasteiger partial charge on any atom is -0.488 e. The van der Waals surface area contributed by atoms with Crippen LogP contribution in [0.1, 0.15) is 15.9 Å². The highest BCUT2D eigenvalue weighted by Gasteiger charge is 2.10. The van der Waals surface area contributed by atoms with Crippen LogP contribution in [-0.4, -0.2) is 16.1 Å². The maximum Gasteiger partial charge on any atom is 0.336 e. The summed E-state index contributed by atoms with van der Waals surface area (Å²) in [6.07, 6.45) is 1.73. The molecular formula is C17H13NO3. The first kappa shape index (κ1) is 13.1. The van der Waals surface area contributed by atoms with Gasteiger partial charge in [0, 0.05) is 17.1 Å². The molecule has 0 saturated heterocycles. The van der Waals surface area contributed by atoms with E-state index in [1.807, 2.05) is 30.3 Å². The second kappa shape index (κ2) is 5.63. The molecule has 4 heteroatoms. The summed E-state index contributed by atoms with van der Waals surface area (Å²) < 4.78 is 5.79. The van der Waals surface area contributed by atoms with Gasteiger partial charge >= 0.3 is 5.97 Å². The molecule has 0 fully saturated rings. The standard InChI is InChI=1S/C17H13NO3/c19-17(20)13-6-2-1-5-12(13)11-21-16-9-3-8-15-14(16)7-4-10-18-15/h1-10H,11H2,(H,19,20). The number of aromatic carboxylic acids is 1. The molecule has 0 saturated carbocycles. The lowest BCUT2D eigenvalue weighted by Gasteiger charge is -2.10. The van der Waals surface area contributed by atoms with Crippen LogP contribution in [0.15, 0.2) is 60.8 Å². The maximum atomic E-state index is 11.2. The minimum absolute atomic E-state index is 0.205. The Morgan fingerprint density at radius 3 is 2.76 bits per heavy atom. The molecule has 0 radical (unpaired) electrons. The van der Waals surface area contributed by atoms with Crippen molar-refractivity contribution in [3.8, 4) is 5.75 Å². The van der Waals surface area contributed by atoms with E-state index in [0.29, 0.717) is 11.3 Å². The van der Waals surface area contributed by atoms with E-state index in [2.05, 4.69) is 4.98 Å². The summed E-state index contributed by atoms with van der Waals surface area (Å²) in [4.78, 5) is 15.4. The number of carboxylic acid groups (broad SMARTS) is 1. The Balaban J connectivity index is 1.89. The molecule has 1 N–H and O–H groups in total. The smallest absolute Gasteiger partial charge is 0.336 e. The average molecular weight is 279 g/mol. The predicted molar refractivity (Wildman–Crippen MR) is 79.5 cm³/mol. The fourth-order valence-corrected chi connectivity index (χ4v) is 2.21. The molecule has 0 atom stereocenters. The van der Waals surface area contributed by atoms with Gasteiger partial charge in [0.05, 0.1) is 11.1 Å². The Bertz CT molecular complexity index is 793. The number of hydrogen-bond donors (Lipinski definition) is 1. The number of ether oxygens (including phenoxy) is 1. The van der Waals surface area contributed by atoms with E-state index in [4.69, 9.17) is 9.84 Å². The van der Waals surface area contributed by atoms with Gasteiger partial charge in [-0.1, -0.05) is 24.3 Å². The Morgan fingerprint density at radius 1 is 1.05 bits per heavy atom. The molecule has 0 amide bonds. The second-order valence-corrected chi connectivity index (χ2v) is 4.58. The number of rotatable bonds is 4. The maximum absolute atomic E-state index is 11.2. The summed E-state index contributed by atoms with van der Waals surface area (Å²) in [7, 11) is 0. The molecule has 2 aromatic carbocycles. The third-order valence-corrected chi connectivity index (χ3v) is 3.24. The van der Waals surface area contributed by atoms with Crippen molar-refractivity contribution in [3.05, 3.63) is 71.9 Å². The number of aromatic nitrogens is 1. The summed E-state index contributed by atoms with van der Waals surface area (Å²) in [6, 6.07) is 16.2. The molecule has 1 aromatic heterocycles. The zero-order valence-corrected chi connectivity index (χ0v) is 11.2. The van der Waals surface area contributed by atoms with E-state index in [-0.39, 0.29) is 12.2 Å². The third-order valence-electron chi connectivity index (χ3n) is 3.24. The Labute approximate surface area is 121 Å². The number of carboxylic acids is 1. The largest absolute Gasteiger partial charge is 0.488 e. The van der Waals surface area contributed by atoms with Crippen molar-refractivity contribution in [1.82, 2.24) is 4.98 Å². The Hall–Kier alpha value is -2.88. The quantitative estimate of drug-likeness (QED) is 0.794. The van der Waals surface area contributed by atoms with Gasteiger partial charge in [-0.2, -0.15) is 0 Å². The van der Waals surface area contributed by atoms with Crippen molar-refractivity contribution in [2.45, 2.75) is 6.61 Å². The van der Waals surface area contributed by atoms with Crippen LogP contribution in [0, 0.1) is 0 Å². The lowest BCUT2D eigenvalue weighted by Crippen LogP contribution is -2.05. The normalized spacial score (nSPS) is 10.5. The van der Waals surface area contributed by atoms with Gasteiger partial charge < -0.3 is 9.84 Å². The van der Waals surface area contributed by atoms with Gasteiger partial charge in [0.15, 0.2) is 0 Å². The molecule has 104 valence electrons. The van der Waals surface area contributed by atoms with Crippen molar-refractivity contribution < 1.29 is 14.6 Å². The second-order valence-electron chi connectivity index (χ2n) is 4.58. The van der Waals surface area contributed by atoms with Gasteiger partial charge in [-0.15, -0.1) is 0 Å². The van der Waals surface area contributed by atoms with Crippen molar-refractivity contribution in [2.75, 3.05) is 0 Å². The van der Waals surface area contributed by atoms with Gasteiger partial charge in [-0.25, -0.2) is 4.79 Å². The van der Waals surface area contributed by atoms with Gasteiger partial charge in [0.25, 0.3) is 0 Å². The van der Waals surface area contributed by atoms with E-state index < -0.39 is 5.97 Å². The van der Waals surface area contributed by atoms with Crippen LogP contribution >= 0.6 is 0 Å². The average Bonchev–Trinajstić information content (AvgIpc) is 2.53. The van der Waals surface area contributed by atoms with E-state index in [1.54, 1.807) is 30.5 Å². The molecule has 0 aliphatic carbocycles. The molecule has 1 heterocycles. The van der Waals surface area contributed by atoms with Crippen LogP contribution in [0.25, 0.3) is 10.9 Å². The topological polar surface area (TPSA) is 59.4 Å². The molecule has 4 nitrogen and oxygen atoms in total. The van der Waals surface area contributed by atoms with Crippen LogP contribution in [0.5, 0.6) is 5.75 Å². The Morgan fingerprint density at radius 2 is 1.90 bits per heavy atom. The first-order chi connectivity index (χ1) is 10.3. The van der Waals surface area contributed by atoms with Crippen molar-refractivity contribution in [1.29, 1.82) is 0 Å². The van der Waals surface area contributed by atoms with Crippen LogP contribution in [0.3, 0.4) is 0 Å². The highest BCUT2D eigenvalue weighted by Crippen LogP contribution is 2.25. The van der Waals surface area contributed by atoms with Crippen molar-refractivity contribution in [3.63, 3.8) is 0 Å². The lowest BCUT2D eigenvalue weighted by molar-refractivity contribution is 0.0694. The monoisotopic (exact) mass is 279 g/mol. The first-order valence-corrected chi connectivity index (χ1v) is 6.53. The van der Waals surface area contributed by atoms with E-state index in [9.17, 15) is 4.79 Å². The molecule has 3 rings (SSSR count). The molecule has 0 bridgehead atoms. The predicted octanol–water partition coefficient (Wildman–Crippen LogP) is 3.51. The SMILES string of the molecule is O=C(O)c1ccccc1COc1cccc2ncccc12. The zero-order valence-electron chi connectivity index (χ0n) is 11.2. The molecule has 0 unspecified atom stereocenters. The van der Waals surface area contributed by atoms with E-state index in [0.717, 1.165) is 10.9 Å². The van der Waals surface area contributed by atoms with Crippen LogP contribution in [-0.2, 0) is 6.61 Å². The minimum atomic E-state index is -0.950. The van der Waals surface area contributed by atoms with Gasteiger partial charge in [0.1, 0.15) is 12.4 Å². The van der Waals surface area contributed by atoms with E-state index >= 15 is 0 Å². The highest BCUT2D eigenvalue weighted by atomic mass is 16.5. The van der Waals surface area contributed by atoms with Gasteiger partial charge in [0.2, 0.25) is 0 Å². The number of hydrogen-bond acceptors (Lipinski definition) is 3. The Kier molecular flexibility index (Phi) is 3.51. The van der Waals surface area contributed by atoms with Crippen molar-refractivity contribution >= 4 is 16.9 Å². The summed E-state index contributed by atoms with van der Waals surface area (Å²) in [5.74, 6) is -0.255. The molecule has 0 aliphatic rings. The summed E-state index contributed by atoms with van der Waals surface area (Å²) in [5.41, 5.74) is 1.75. The molecule has 0 spiro atoms. The highest BCUT2D eigenvalue weighted by molar-refractivity contribution is 5.89. The van der Waals surface area contributed by atoms with Gasteiger partial charge in [-0.3, -0.25) is 4.98 Å². The first-order valence-electron chi connectivity index (χ1n) is 6.53. The van der Waals surface area contributed by atoms with Crippen LogP contribution in [0.4, 0.5) is 0 Å². The van der Waals surface area contributed by atoms with E-state index in [1.165, 1.54) is 0 Å². The molecular weight excluding hydrogens is 266 g/mol. The number of benzene rings is 2. The molecule has 0 aliphatic heterocycles. The molecule has 3 aromatic rings. The molecule has 21 heavy (non-hydrogen) atoms. The number of fused-ring (bicyclic) bond motifs is 1. The fraction of sp³-hybridized carbons (Fsp3) is 0.0588. The van der Waals surface area contributed by atoms with Gasteiger partial charge in [-0.05, 0) is 30.3 Å². The summed E-state index contributed by atoms with van der Waals surface area (Å²) in [5, 5.41) is 10.1. The zero-order chi connectivity index (χ0) is 14.7. The number of pyridine rings is 1. The number of nitrogens with zero attached hydrogens (tertiary/aromatic N) is 1. The van der Waals surface area contributed by atoms with Crippen molar-refractivity contribution in [2.24, 2.45) is 0 Å². The third kappa shape index (κ3) is 2.69. The lowest BCUT2D eigenvalue weighted by atomic mass is 10.1. The fourth-order valence-electron chi connectivity index (χ4n) is 2.21.